The van der Waals surface area contributed by atoms with Gasteiger partial charge in [-0.3, -0.25) is 4.79 Å². The molecule has 0 aliphatic carbocycles. The van der Waals surface area contributed by atoms with E-state index in [-0.39, 0.29) is 12.5 Å². The van der Waals surface area contributed by atoms with Gasteiger partial charge in [-0.15, -0.1) is 0 Å². The van der Waals surface area contributed by atoms with Crippen LogP contribution in [-0.4, -0.2) is 42.1 Å². The van der Waals surface area contributed by atoms with Gasteiger partial charge >= 0.3 is 12.0 Å². The summed E-state index contributed by atoms with van der Waals surface area (Å²) in [5, 5.41) is 16.3. The zero-order valence-corrected chi connectivity index (χ0v) is 10.8. The molecule has 0 spiro atoms. The second-order valence-corrected chi connectivity index (χ2v) is 3.92. The Morgan fingerprint density at radius 2 is 1.78 bits per heavy atom. The van der Waals surface area contributed by atoms with E-state index in [2.05, 4.69) is 16.0 Å². The first-order valence-electron chi connectivity index (χ1n) is 5.99. The Morgan fingerprint density at radius 3 is 2.28 bits per heavy atom. The molecule has 0 aliphatic heterocycles. The van der Waals surface area contributed by atoms with E-state index in [9.17, 15) is 14.4 Å². The number of urea groups is 1. The van der Waals surface area contributed by atoms with Gasteiger partial charge in [-0.1, -0.05) is 19.8 Å². The lowest BCUT2D eigenvalue weighted by Gasteiger charge is -2.14. The summed E-state index contributed by atoms with van der Waals surface area (Å²) in [4.78, 5) is 32.8. The molecule has 1 atom stereocenters. The maximum Gasteiger partial charge on any atom is 0.326 e. The number of hydrogen-bond acceptors (Lipinski definition) is 3. The molecule has 4 N–H and O–H groups in total. The van der Waals surface area contributed by atoms with E-state index in [1.54, 1.807) is 0 Å². The molecular weight excluding hydrogens is 238 g/mol. The van der Waals surface area contributed by atoms with Crippen LogP contribution in [0, 0.1) is 0 Å². The number of amides is 3. The highest BCUT2D eigenvalue weighted by molar-refractivity contribution is 5.82. The minimum atomic E-state index is -1.04. The molecular formula is C11H21N3O4. The van der Waals surface area contributed by atoms with Gasteiger partial charge in [0.1, 0.15) is 6.04 Å². The SMILES string of the molecule is CCCC[C@H](NC(=O)NCCNC(C)=O)C(=O)O. The van der Waals surface area contributed by atoms with Crippen LogP contribution in [-0.2, 0) is 9.59 Å². The molecule has 0 bridgehead atoms. The van der Waals surface area contributed by atoms with Crippen LogP contribution in [0.4, 0.5) is 4.79 Å². The molecule has 0 aromatic carbocycles. The second kappa shape index (κ2) is 9.26. The van der Waals surface area contributed by atoms with E-state index in [4.69, 9.17) is 5.11 Å². The minimum absolute atomic E-state index is 0.177. The highest BCUT2D eigenvalue weighted by Gasteiger charge is 2.18. The number of hydrogen-bond donors (Lipinski definition) is 4. The largest absolute Gasteiger partial charge is 0.480 e. The zero-order chi connectivity index (χ0) is 14.0. The molecule has 7 nitrogen and oxygen atoms in total. The van der Waals surface area contributed by atoms with E-state index in [1.807, 2.05) is 6.92 Å². The third-order valence-electron chi connectivity index (χ3n) is 2.23. The normalized spacial score (nSPS) is 11.4. The van der Waals surface area contributed by atoms with Gasteiger partial charge in [-0.05, 0) is 6.42 Å². The van der Waals surface area contributed by atoms with E-state index in [0.29, 0.717) is 13.0 Å². The summed E-state index contributed by atoms with van der Waals surface area (Å²) in [6.45, 7) is 3.90. The van der Waals surface area contributed by atoms with Gasteiger partial charge < -0.3 is 21.1 Å². The predicted octanol–water partition coefficient (Wildman–Crippen LogP) is 0.0651. The van der Waals surface area contributed by atoms with Gasteiger partial charge in [0.05, 0.1) is 0 Å². The monoisotopic (exact) mass is 259 g/mol. The van der Waals surface area contributed by atoms with E-state index >= 15 is 0 Å². The van der Waals surface area contributed by atoms with Crippen molar-refractivity contribution in [1.82, 2.24) is 16.0 Å². The molecule has 7 heteroatoms. The number of unbranched alkanes of at least 4 members (excludes halogenated alkanes) is 1. The third kappa shape index (κ3) is 8.37. The van der Waals surface area contributed by atoms with Crippen LogP contribution in [0.3, 0.4) is 0 Å². The number of aliphatic carboxylic acids is 1. The summed E-state index contributed by atoms with van der Waals surface area (Å²) >= 11 is 0. The van der Waals surface area contributed by atoms with Crippen LogP contribution in [0.5, 0.6) is 0 Å². The van der Waals surface area contributed by atoms with E-state index in [1.165, 1.54) is 6.92 Å². The number of nitrogens with one attached hydrogen (secondary N) is 3. The van der Waals surface area contributed by atoms with Gasteiger partial charge in [-0.2, -0.15) is 0 Å². The number of carbonyl (C=O) groups is 3. The van der Waals surface area contributed by atoms with Gasteiger partial charge in [0, 0.05) is 20.0 Å². The summed E-state index contributed by atoms with van der Waals surface area (Å²) < 4.78 is 0. The Labute approximate surface area is 106 Å². The molecule has 3 amide bonds. The van der Waals surface area contributed by atoms with Gasteiger partial charge in [0.25, 0.3) is 0 Å². The van der Waals surface area contributed by atoms with Crippen molar-refractivity contribution in [3.63, 3.8) is 0 Å². The molecule has 0 saturated heterocycles. The van der Waals surface area contributed by atoms with Crippen molar-refractivity contribution in [1.29, 1.82) is 0 Å². The average Bonchev–Trinajstić information content (AvgIpc) is 2.29. The molecule has 0 fully saturated rings. The summed E-state index contributed by atoms with van der Waals surface area (Å²) in [6.07, 6.45) is 2.02. The van der Waals surface area contributed by atoms with Gasteiger partial charge in [0.15, 0.2) is 0 Å². The van der Waals surface area contributed by atoms with Crippen LogP contribution >= 0.6 is 0 Å². The lowest BCUT2D eigenvalue weighted by Crippen LogP contribution is -2.47. The predicted molar refractivity (Wildman–Crippen MR) is 66.2 cm³/mol. The summed E-state index contributed by atoms with van der Waals surface area (Å²) in [5.74, 6) is -1.22. The van der Waals surface area contributed by atoms with Crippen LogP contribution in [0.2, 0.25) is 0 Å². The fraction of sp³-hybridized carbons (Fsp3) is 0.727. The molecule has 0 unspecified atom stereocenters. The van der Waals surface area contributed by atoms with E-state index < -0.39 is 18.0 Å². The van der Waals surface area contributed by atoms with Gasteiger partial charge in [-0.25, -0.2) is 9.59 Å². The van der Waals surface area contributed by atoms with Crippen molar-refractivity contribution in [2.24, 2.45) is 0 Å². The fourth-order valence-electron chi connectivity index (χ4n) is 1.29. The quantitative estimate of drug-likeness (QED) is 0.462. The third-order valence-corrected chi connectivity index (χ3v) is 2.23. The minimum Gasteiger partial charge on any atom is -0.480 e. The number of carboxylic acids is 1. The molecule has 0 aromatic rings. The average molecular weight is 259 g/mol. The van der Waals surface area contributed by atoms with Crippen molar-refractivity contribution in [2.45, 2.75) is 39.2 Å². The molecule has 0 aromatic heterocycles. The fourth-order valence-corrected chi connectivity index (χ4v) is 1.29. The molecule has 0 rings (SSSR count). The Hall–Kier alpha value is -1.79. The first kappa shape index (κ1) is 16.2. The first-order chi connectivity index (χ1) is 8.47. The molecule has 0 aliphatic rings. The lowest BCUT2D eigenvalue weighted by atomic mass is 10.1. The number of carboxylic acid groups (broad SMARTS) is 1. The smallest absolute Gasteiger partial charge is 0.326 e. The highest BCUT2D eigenvalue weighted by Crippen LogP contribution is 2.00. The maximum atomic E-state index is 11.4. The highest BCUT2D eigenvalue weighted by atomic mass is 16.4. The number of carbonyl (C=O) groups excluding carboxylic acids is 2. The van der Waals surface area contributed by atoms with Crippen molar-refractivity contribution >= 4 is 17.9 Å². The van der Waals surface area contributed by atoms with Crippen LogP contribution in [0.25, 0.3) is 0 Å². The molecule has 18 heavy (non-hydrogen) atoms. The van der Waals surface area contributed by atoms with Crippen LogP contribution < -0.4 is 16.0 Å². The zero-order valence-electron chi connectivity index (χ0n) is 10.8. The van der Waals surface area contributed by atoms with Crippen molar-refractivity contribution < 1.29 is 19.5 Å². The van der Waals surface area contributed by atoms with Gasteiger partial charge in [0.2, 0.25) is 5.91 Å². The summed E-state index contributed by atoms with van der Waals surface area (Å²) in [7, 11) is 0. The Balaban J connectivity index is 3.87. The summed E-state index contributed by atoms with van der Waals surface area (Å²) in [5.41, 5.74) is 0. The van der Waals surface area contributed by atoms with E-state index in [0.717, 1.165) is 12.8 Å². The Morgan fingerprint density at radius 1 is 1.17 bits per heavy atom. The second-order valence-electron chi connectivity index (χ2n) is 3.92. The number of rotatable bonds is 8. The molecule has 0 saturated carbocycles. The molecule has 0 radical (unpaired) electrons. The molecule has 0 heterocycles. The topological polar surface area (TPSA) is 108 Å². The maximum absolute atomic E-state index is 11.4. The lowest BCUT2D eigenvalue weighted by molar-refractivity contribution is -0.139. The summed E-state index contributed by atoms with van der Waals surface area (Å²) in [6, 6.07) is -1.41. The van der Waals surface area contributed by atoms with Crippen molar-refractivity contribution in [3.05, 3.63) is 0 Å². The van der Waals surface area contributed by atoms with Crippen LogP contribution in [0.15, 0.2) is 0 Å². The Kier molecular flexibility index (Phi) is 8.34. The first-order valence-corrected chi connectivity index (χ1v) is 5.99. The molecule has 104 valence electrons. The Bertz CT molecular complexity index is 294. The standard InChI is InChI=1S/C11H21N3O4/c1-3-4-5-9(10(16)17)14-11(18)13-7-6-12-8(2)15/h9H,3-7H2,1-2H3,(H,12,15)(H,16,17)(H2,13,14,18)/t9-/m0/s1. The van der Waals surface area contributed by atoms with Crippen molar-refractivity contribution in [2.75, 3.05) is 13.1 Å². The van der Waals surface area contributed by atoms with Crippen molar-refractivity contribution in [3.8, 4) is 0 Å². The van der Waals surface area contributed by atoms with Crippen LogP contribution in [0.1, 0.15) is 33.1 Å².